The van der Waals surface area contributed by atoms with Gasteiger partial charge in [-0.1, -0.05) is 23.9 Å². The molecule has 0 aliphatic heterocycles. The van der Waals surface area contributed by atoms with Crippen LogP contribution in [-0.2, 0) is 0 Å². The summed E-state index contributed by atoms with van der Waals surface area (Å²) in [6, 6.07) is 7.30. The number of halogens is 3. The van der Waals surface area contributed by atoms with Crippen LogP contribution in [0.4, 0.5) is 13.2 Å². The molecule has 2 N–H and O–H groups in total. The van der Waals surface area contributed by atoms with E-state index < -0.39 is 11.4 Å². The van der Waals surface area contributed by atoms with Gasteiger partial charge in [-0.3, -0.25) is 0 Å². The second kappa shape index (κ2) is 5.46. The second-order valence-electron chi connectivity index (χ2n) is 3.67. The smallest absolute Gasteiger partial charge is 0.330 e. The summed E-state index contributed by atoms with van der Waals surface area (Å²) < 4.78 is 39.6. The minimum atomic E-state index is -4.25. The fourth-order valence-corrected chi connectivity index (χ4v) is 3.75. The van der Waals surface area contributed by atoms with Gasteiger partial charge in [-0.15, -0.1) is 11.3 Å². The number of benzene rings is 1. The van der Waals surface area contributed by atoms with Crippen LogP contribution in [0.25, 0.3) is 10.2 Å². The van der Waals surface area contributed by atoms with Gasteiger partial charge >= 0.3 is 6.18 Å². The Morgan fingerprint density at radius 3 is 2.67 bits per heavy atom. The summed E-state index contributed by atoms with van der Waals surface area (Å²) >= 11 is 2.03. The van der Waals surface area contributed by atoms with Crippen molar-refractivity contribution in [3.63, 3.8) is 0 Å². The number of rotatable bonds is 4. The van der Waals surface area contributed by atoms with Gasteiger partial charge in [-0.2, -0.15) is 13.2 Å². The van der Waals surface area contributed by atoms with Gasteiger partial charge in [0.25, 0.3) is 0 Å². The normalized spacial score (nSPS) is 14.0. The van der Waals surface area contributed by atoms with E-state index in [2.05, 4.69) is 4.98 Å². The maximum atomic E-state index is 12.7. The molecule has 1 aromatic heterocycles. The van der Waals surface area contributed by atoms with Crippen LogP contribution in [-0.4, -0.2) is 23.0 Å². The summed E-state index contributed by atoms with van der Waals surface area (Å²) in [5.74, 6) is 0. The topological polar surface area (TPSA) is 38.9 Å². The third-order valence-electron chi connectivity index (χ3n) is 2.31. The third kappa shape index (κ3) is 3.15. The number of alkyl halides is 3. The van der Waals surface area contributed by atoms with Gasteiger partial charge in [0.1, 0.15) is 5.25 Å². The molecule has 0 aliphatic carbocycles. The molecule has 98 valence electrons. The first-order valence-corrected chi connectivity index (χ1v) is 6.99. The van der Waals surface area contributed by atoms with E-state index in [-0.39, 0.29) is 13.0 Å². The lowest BCUT2D eigenvalue weighted by Crippen LogP contribution is -2.28. The first-order chi connectivity index (χ1) is 8.50. The van der Waals surface area contributed by atoms with Crippen molar-refractivity contribution in [2.24, 2.45) is 5.73 Å². The van der Waals surface area contributed by atoms with E-state index in [0.29, 0.717) is 4.34 Å². The Balaban J connectivity index is 2.20. The molecule has 0 saturated carbocycles. The number of aromatic nitrogens is 1. The minimum Gasteiger partial charge on any atom is -0.330 e. The number of para-hydroxylation sites is 1. The van der Waals surface area contributed by atoms with Gasteiger partial charge in [-0.25, -0.2) is 4.98 Å². The molecule has 7 heteroatoms. The van der Waals surface area contributed by atoms with Crippen LogP contribution in [0.1, 0.15) is 6.42 Å². The predicted molar refractivity (Wildman–Crippen MR) is 69.0 cm³/mol. The van der Waals surface area contributed by atoms with Crippen molar-refractivity contribution >= 4 is 33.3 Å². The Bertz CT molecular complexity index is 491. The van der Waals surface area contributed by atoms with Gasteiger partial charge in [0.2, 0.25) is 0 Å². The molecule has 1 atom stereocenters. The molecule has 0 amide bonds. The molecule has 1 aromatic carbocycles. The highest BCUT2D eigenvalue weighted by atomic mass is 32.2. The first kappa shape index (κ1) is 13.6. The standard InChI is InChI=1S/C11H11F3N2S2/c12-11(13,14)9(5-6-15)18-10-16-7-3-1-2-4-8(7)17-10/h1-4,9H,5-6,15H2. The lowest BCUT2D eigenvalue weighted by atomic mass is 10.3. The zero-order chi connectivity index (χ0) is 13.2. The number of thiazole rings is 1. The van der Waals surface area contributed by atoms with Crippen LogP contribution >= 0.6 is 23.1 Å². The van der Waals surface area contributed by atoms with Crippen molar-refractivity contribution in [2.75, 3.05) is 6.54 Å². The number of hydrogen-bond acceptors (Lipinski definition) is 4. The summed E-state index contributed by atoms with van der Waals surface area (Å²) in [5.41, 5.74) is 5.96. The maximum absolute atomic E-state index is 12.7. The Morgan fingerprint density at radius 2 is 2.06 bits per heavy atom. The molecule has 0 fully saturated rings. The van der Waals surface area contributed by atoms with E-state index in [4.69, 9.17) is 5.73 Å². The lowest BCUT2D eigenvalue weighted by molar-refractivity contribution is -0.129. The number of fused-ring (bicyclic) bond motifs is 1. The molecule has 2 rings (SSSR count). The highest BCUT2D eigenvalue weighted by Gasteiger charge is 2.40. The van der Waals surface area contributed by atoms with Gasteiger partial charge in [0.15, 0.2) is 4.34 Å². The van der Waals surface area contributed by atoms with Gasteiger partial charge in [0, 0.05) is 0 Å². The van der Waals surface area contributed by atoms with Crippen molar-refractivity contribution in [3.05, 3.63) is 24.3 Å². The molecule has 1 unspecified atom stereocenters. The SMILES string of the molecule is NCCC(Sc1nc2ccccc2s1)C(F)(F)F. The molecule has 0 aliphatic rings. The van der Waals surface area contributed by atoms with Crippen molar-refractivity contribution in [3.8, 4) is 0 Å². The number of nitrogens with two attached hydrogens (primary N) is 1. The number of thioether (sulfide) groups is 1. The molecule has 0 radical (unpaired) electrons. The van der Waals surface area contributed by atoms with E-state index in [1.54, 1.807) is 6.07 Å². The molecule has 1 heterocycles. The largest absolute Gasteiger partial charge is 0.401 e. The monoisotopic (exact) mass is 292 g/mol. The van der Waals surface area contributed by atoms with Crippen molar-refractivity contribution in [2.45, 2.75) is 22.2 Å². The quantitative estimate of drug-likeness (QED) is 0.874. The average Bonchev–Trinajstić information content (AvgIpc) is 2.69. The number of hydrogen-bond donors (Lipinski definition) is 1. The van der Waals surface area contributed by atoms with Crippen LogP contribution in [0.2, 0.25) is 0 Å². The highest BCUT2D eigenvalue weighted by Crippen LogP contribution is 2.39. The predicted octanol–water partition coefficient (Wildman–Crippen LogP) is 3.67. The maximum Gasteiger partial charge on any atom is 0.401 e. The van der Waals surface area contributed by atoms with Gasteiger partial charge in [-0.05, 0) is 25.1 Å². The van der Waals surface area contributed by atoms with Crippen molar-refractivity contribution < 1.29 is 13.2 Å². The summed E-state index contributed by atoms with van der Waals surface area (Å²) in [7, 11) is 0. The zero-order valence-corrected chi connectivity index (χ0v) is 10.9. The average molecular weight is 292 g/mol. The molecule has 0 spiro atoms. The molecular formula is C11H11F3N2S2. The van der Waals surface area contributed by atoms with Crippen LogP contribution in [0.5, 0.6) is 0 Å². The molecule has 18 heavy (non-hydrogen) atoms. The summed E-state index contributed by atoms with van der Waals surface area (Å²) in [4.78, 5) is 4.19. The molecule has 2 aromatic rings. The highest BCUT2D eigenvalue weighted by molar-refractivity contribution is 8.01. The van der Waals surface area contributed by atoms with Crippen LogP contribution in [0, 0.1) is 0 Å². The molecular weight excluding hydrogens is 281 g/mol. The number of nitrogens with zero attached hydrogens (tertiary/aromatic N) is 1. The van der Waals surface area contributed by atoms with E-state index in [9.17, 15) is 13.2 Å². The van der Waals surface area contributed by atoms with Crippen LogP contribution in [0.3, 0.4) is 0 Å². The van der Waals surface area contributed by atoms with Crippen molar-refractivity contribution in [1.82, 2.24) is 4.98 Å². The van der Waals surface area contributed by atoms with E-state index in [0.717, 1.165) is 22.0 Å². The lowest BCUT2D eigenvalue weighted by Gasteiger charge is -2.17. The Labute approximate surface area is 110 Å². The fourth-order valence-electron chi connectivity index (χ4n) is 1.46. The molecule has 0 bridgehead atoms. The first-order valence-electron chi connectivity index (χ1n) is 5.29. The van der Waals surface area contributed by atoms with Gasteiger partial charge in [0.05, 0.1) is 10.2 Å². The van der Waals surface area contributed by atoms with Crippen LogP contribution < -0.4 is 5.73 Å². The Kier molecular flexibility index (Phi) is 4.14. The summed E-state index contributed by atoms with van der Waals surface area (Å²) in [6.45, 7) is 0.0159. The molecule has 2 nitrogen and oxygen atoms in total. The van der Waals surface area contributed by atoms with E-state index >= 15 is 0 Å². The zero-order valence-electron chi connectivity index (χ0n) is 9.28. The second-order valence-corrected chi connectivity index (χ2v) is 6.15. The Morgan fingerprint density at radius 1 is 1.33 bits per heavy atom. The van der Waals surface area contributed by atoms with Gasteiger partial charge < -0.3 is 5.73 Å². The summed E-state index contributed by atoms with van der Waals surface area (Å²) in [6.07, 6.45) is -4.34. The van der Waals surface area contributed by atoms with E-state index in [1.807, 2.05) is 18.2 Å². The fraction of sp³-hybridized carbons (Fsp3) is 0.364. The Hall–Kier alpha value is -0.790. The van der Waals surface area contributed by atoms with Crippen molar-refractivity contribution in [1.29, 1.82) is 0 Å². The molecule has 0 saturated heterocycles. The minimum absolute atomic E-state index is 0.0159. The van der Waals surface area contributed by atoms with Crippen LogP contribution in [0.15, 0.2) is 28.6 Å². The third-order valence-corrected chi connectivity index (χ3v) is 4.76. The van der Waals surface area contributed by atoms with E-state index in [1.165, 1.54) is 11.3 Å². The summed E-state index contributed by atoms with van der Waals surface area (Å²) in [5, 5.41) is -1.48.